The zero-order valence-electron chi connectivity index (χ0n) is 6.90. The summed E-state index contributed by atoms with van der Waals surface area (Å²) in [7, 11) is 11.0. The molecule has 1 fully saturated rings. The van der Waals surface area contributed by atoms with Crippen molar-refractivity contribution in [2.45, 2.75) is 31.0 Å². The average molecular weight is 160 g/mol. The Labute approximate surface area is 75.8 Å². The molecule has 2 nitrogen and oxygen atoms in total. The maximum Gasteiger partial charge on any atom is 0.109 e. The smallest absolute Gasteiger partial charge is 0.109 e. The zero-order chi connectivity index (χ0) is 8.97. The Bertz CT molecular complexity index is 178. The predicted molar refractivity (Wildman–Crippen MR) is 48.2 cm³/mol. The molecule has 1 heterocycles. The van der Waals surface area contributed by atoms with E-state index in [1.54, 1.807) is 0 Å². The molecule has 0 aromatic carbocycles. The maximum absolute atomic E-state index is 5.55. The Morgan fingerprint density at radius 1 is 1.67 bits per heavy atom. The van der Waals surface area contributed by atoms with Gasteiger partial charge in [0.1, 0.15) is 14.5 Å². The van der Waals surface area contributed by atoms with Crippen molar-refractivity contribution >= 4 is 15.7 Å². The van der Waals surface area contributed by atoms with Gasteiger partial charge in [0.15, 0.2) is 0 Å². The van der Waals surface area contributed by atoms with Crippen LogP contribution in [0.4, 0.5) is 0 Å². The minimum atomic E-state index is -0.263. The Morgan fingerprint density at radius 3 is 3.00 bits per heavy atom. The Kier molecular flexibility index (Phi) is 3.71. The van der Waals surface area contributed by atoms with Crippen molar-refractivity contribution in [1.82, 2.24) is 0 Å². The summed E-state index contributed by atoms with van der Waals surface area (Å²) in [6, 6.07) is -0.263. The molecule has 1 rings (SSSR count). The van der Waals surface area contributed by atoms with Crippen LogP contribution in [0, 0.1) is 12.3 Å². The van der Waals surface area contributed by atoms with Crippen molar-refractivity contribution in [3.05, 3.63) is 0 Å². The third-order valence-electron chi connectivity index (χ3n) is 1.84. The highest BCUT2D eigenvalue weighted by Gasteiger charge is 2.31. The molecule has 0 bridgehead atoms. The molecule has 0 aromatic heterocycles. The van der Waals surface area contributed by atoms with Crippen molar-refractivity contribution in [2.24, 2.45) is 0 Å². The second-order valence-electron chi connectivity index (χ2n) is 2.74. The first-order chi connectivity index (χ1) is 5.77. The Balaban J connectivity index is 2.36. The van der Waals surface area contributed by atoms with E-state index >= 15 is 0 Å². The van der Waals surface area contributed by atoms with Gasteiger partial charge in [-0.15, -0.1) is 6.42 Å². The van der Waals surface area contributed by atoms with E-state index in [1.165, 1.54) is 0 Å². The highest BCUT2D eigenvalue weighted by molar-refractivity contribution is 6.11. The summed E-state index contributed by atoms with van der Waals surface area (Å²) in [5.41, 5.74) is 0. The van der Waals surface area contributed by atoms with Crippen LogP contribution in [-0.2, 0) is 9.47 Å². The van der Waals surface area contributed by atoms with Crippen LogP contribution in [0.3, 0.4) is 0 Å². The average Bonchev–Trinajstić information content (AvgIpc) is 2.42. The molecule has 1 aliphatic rings. The lowest BCUT2D eigenvalue weighted by Crippen LogP contribution is -2.24. The fourth-order valence-electron chi connectivity index (χ4n) is 1.29. The van der Waals surface area contributed by atoms with Gasteiger partial charge < -0.3 is 9.47 Å². The van der Waals surface area contributed by atoms with E-state index in [0.29, 0.717) is 12.7 Å². The van der Waals surface area contributed by atoms with E-state index in [-0.39, 0.29) is 24.8 Å². The van der Waals surface area contributed by atoms with Crippen molar-refractivity contribution in [1.29, 1.82) is 0 Å². The topological polar surface area (TPSA) is 18.5 Å². The number of rotatable bonds is 3. The van der Waals surface area contributed by atoms with Crippen LogP contribution in [0.25, 0.3) is 0 Å². The fraction of sp³-hybridized carbons (Fsp3) is 0.750. The highest BCUT2D eigenvalue weighted by Crippen LogP contribution is 2.23. The van der Waals surface area contributed by atoms with Crippen molar-refractivity contribution in [2.75, 3.05) is 6.61 Å². The molecule has 4 heteroatoms. The Morgan fingerprint density at radius 2 is 2.42 bits per heavy atom. The second kappa shape index (κ2) is 4.59. The summed E-state index contributed by atoms with van der Waals surface area (Å²) in [5, 5.41) is 0. The van der Waals surface area contributed by atoms with E-state index in [2.05, 4.69) is 5.92 Å². The van der Waals surface area contributed by atoms with Crippen molar-refractivity contribution < 1.29 is 9.47 Å². The summed E-state index contributed by atoms with van der Waals surface area (Å²) < 4.78 is 10.6. The maximum atomic E-state index is 5.55. The monoisotopic (exact) mass is 160 g/mol. The first kappa shape index (κ1) is 9.70. The van der Waals surface area contributed by atoms with Crippen molar-refractivity contribution in [3.63, 3.8) is 0 Å². The minimum Gasteiger partial charge on any atom is -0.383 e. The Hall–Kier alpha value is -0.390. The van der Waals surface area contributed by atoms with Crippen molar-refractivity contribution in [3.8, 4) is 12.3 Å². The van der Waals surface area contributed by atoms with E-state index in [9.17, 15) is 0 Å². The first-order valence-electron chi connectivity index (χ1n) is 3.94. The first-order valence-corrected chi connectivity index (χ1v) is 3.94. The van der Waals surface area contributed by atoms with Gasteiger partial charge in [0.2, 0.25) is 0 Å². The molecular weight excluding hydrogens is 150 g/mol. The molecule has 0 aromatic rings. The van der Waals surface area contributed by atoms with Gasteiger partial charge in [-0.25, -0.2) is 0 Å². The van der Waals surface area contributed by atoms with Crippen LogP contribution in [0.15, 0.2) is 0 Å². The third-order valence-corrected chi connectivity index (χ3v) is 1.84. The highest BCUT2D eigenvalue weighted by atomic mass is 16.6. The lowest BCUT2D eigenvalue weighted by Gasteiger charge is -2.15. The molecule has 0 saturated carbocycles. The summed E-state index contributed by atoms with van der Waals surface area (Å²) in [4.78, 5) is 0. The summed E-state index contributed by atoms with van der Waals surface area (Å²) in [5.74, 6) is 2.39. The van der Waals surface area contributed by atoms with Crippen LogP contribution in [0.2, 0.25) is 6.32 Å². The van der Waals surface area contributed by atoms with Crippen LogP contribution >= 0.6 is 0 Å². The van der Waals surface area contributed by atoms with E-state index in [0.717, 1.165) is 0 Å². The fourth-order valence-corrected chi connectivity index (χ4v) is 1.29. The largest absolute Gasteiger partial charge is 0.383 e. The molecule has 0 aliphatic carbocycles. The molecule has 3 atom stereocenters. The normalized spacial score (nSPS) is 34.8. The molecule has 3 unspecified atom stereocenters. The summed E-state index contributed by atoms with van der Waals surface area (Å²) in [6.45, 7) is 0.289. The number of hydrogen-bond donors (Lipinski definition) is 0. The zero-order valence-corrected chi connectivity index (χ0v) is 6.90. The van der Waals surface area contributed by atoms with Crippen LogP contribution in [0.5, 0.6) is 0 Å². The molecule has 4 radical (unpaired) electrons. The molecule has 0 amide bonds. The predicted octanol–water partition coefficient (Wildman–Crippen LogP) is -0.125. The van der Waals surface area contributed by atoms with Crippen LogP contribution in [0.1, 0.15) is 6.42 Å². The van der Waals surface area contributed by atoms with Gasteiger partial charge in [0, 0.05) is 6.00 Å². The molecule has 0 spiro atoms. The van der Waals surface area contributed by atoms with Gasteiger partial charge in [-0.05, 0) is 6.42 Å². The second-order valence-corrected chi connectivity index (χ2v) is 2.74. The molecule has 12 heavy (non-hydrogen) atoms. The third kappa shape index (κ3) is 2.30. The standard InChI is InChI=1S/C8H10B2O2/c1-2-3-11-6-4-8(10)12-7(6)5-9/h1,6-8H,3-5H2. The SMILES string of the molecule is [B]CC1OC([B])CC1OCC#C. The van der Waals surface area contributed by atoms with Gasteiger partial charge in [-0.2, -0.15) is 0 Å². The quantitative estimate of drug-likeness (QED) is 0.422. The van der Waals surface area contributed by atoms with Crippen LogP contribution in [-0.4, -0.2) is 40.5 Å². The lowest BCUT2D eigenvalue weighted by atomic mass is 9.92. The van der Waals surface area contributed by atoms with E-state index in [1.807, 2.05) is 0 Å². The van der Waals surface area contributed by atoms with Gasteiger partial charge >= 0.3 is 0 Å². The number of terminal acetylenes is 1. The molecule has 60 valence electrons. The lowest BCUT2D eigenvalue weighted by molar-refractivity contribution is 0.00970. The van der Waals surface area contributed by atoms with E-state index < -0.39 is 0 Å². The molecular formula is C8H10B2O2. The van der Waals surface area contributed by atoms with Gasteiger partial charge in [0.25, 0.3) is 0 Å². The summed E-state index contributed by atoms with van der Waals surface area (Å²) >= 11 is 0. The number of ether oxygens (including phenoxy) is 2. The van der Waals surface area contributed by atoms with Gasteiger partial charge in [-0.3, -0.25) is 0 Å². The van der Waals surface area contributed by atoms with Gasteiger partial charge in [-0.1, -0.05) is 12.2 Å². The van der Waals surface area contributed by atoms with Crippen LogP contribution < -0.4 is 0 Å². The molecule has 0 N–H and O–H groups in total. The van der Waals surface area contributed by atoms with E-state index in [4.69, 9.17) is 31.6 Å². The summed E-state index contributed by atoms with van der Waals surface area (Å²) in [6.07, 6.45) is 6.00. The van der Waals surface area contributed by atoms with Gasteiger partial charge in [0.05, 0.1) is 20.1 Å². The molecule has 1 saturated heterocycles. The molecule has 1 aliphatic heterocycles. The minimum absolute atomic E-state index is 0.0407. The number of hydrogen-bond acceptors (Lipinski definition) is 2.